The van der Waals surface area contributed by atoms with Crippen LogP contribution in [0.25, 0.3) is 0 Å². The lowest BCUT2D eigenvalue weighted by Gasteiger charge is -2.14. The largest absolute Gasteiger partial charge is 0.322 e. The first-order chi connectivity index (χ1) is 8.09. The highest BCUT2D eigenvalue weighted by molar-refractivity contribution is 5.81. The molecule has 0 spiro atoms. The summed E-state index contributed by atoms with van der Waals surface area (Å²) in [5.41, 5.74) is 7.14. The van der Waals surface area contributed by atoms with Crippen LogP contribution in [0.2, 0.25) is 0 Å². The van der Waals surface area contributed by atoms with Crippen LogP contribution in [0.4, 0.5) is 0 Å². The van der Waals surface area contributed by atoms with Crippen molar-refractivity contribution in [3.8, 4) is 0 Å². The van der Waals surface area contributed by atoms with Gasteiger partial charge in [0.15, 0.2) is 0 Å². The molecule has 0 radical (unpaired) electrons. The lowest BCUT2D eigenvalue weighted by molar-refractivity contribution is -0.118. The molecule has 0 aliphatic rings. The predicted octanol–water partition coefficient (Wildman–Crippen LogP) is 2.95. The molecule has 2 atom stereocenters. The molecule has 0 aliphatic carbocycles. The first kappa shape index (κ1) is 13.9. The molecule has 2 nitrogen and oxygen atoms in total. The molecule has 0 fully saturated rings. The number of Topliss-reactive ketones (excluding diaryl/α,β-unsaturated/α-hetero) is 1. The first-order valence-electron chi connectivity index (χ1n) is 6.39. The molecule has 1 rings (SSSR count). The zero-order valence-corrected chi connectivity index (χ0v) is 10.9. The van der Waals surface area contributed by atoms with Crippen LogP contribution in [-0.2, 0) is 11.2 Å². The van der Waals surface area contributed by atoms with E-state index in [9.17, 15) is 4.79 Å². The number of aryl methyl sites for hydroxylation is 1. The Labute approximate surface area is 104 Å². The fourth-order valence-electron chi connectivity index (χ4n) is 2.02. The molecule has 0 aliphatic heterocycles. The van der Waals surface area contributed by atoms with Gasteiger partial charge in [-0.15, -0.1) is 0 Å². The maximum Gasteiger partial charge on any atom is 0.146 e. The molecular formula is C15H23NO. The summed E-state index contributed by atoms with van der Waals surface area (Å²) in [6.07, 6.45) is 4.22. The topological polar surface area (TPSA) is 43.1 Å². The van der Waals surface area contributed by atoms with Crippen LogP contribution < -0.4 is 5.73 Å². The molecule has 0 heterocycles. The van der Waals surface area contributed by atoms with E-state index < -0.39 is 0 Å². The summed E-state index contributed by atoms with van der Waals surface area (Å²) in [4.78, 5) is 11.0. The number of ketones is 1. The summed E-state index contributed by atoms with van der Waals surface area (Å²) in [6.45, 7) is 3.75. The molecule has 2 heteroatoms. The predicted molar refractivity (Wildman–Crippen MR) is 71.8 cm³/mol. The summed E-state index contributed by atoms with van der Waals surface area (Å²) in [5, 5.41) is 0. The third-order valence-corrected chi connectivity index (χ3v) is 3.18. The molecular weight excluding hydrogens is 210 g/mol. The van der Waals surface area contributed by atoms with Gasteiger partial charge in [0, 0.05) is 0 Å². The van der Waals surface area contributed by atoms with Gasteiger partial charge < -0.3 is 5.73 Å². The van der Waals surface area contributed by atoms with Gasteiger partial charge in [-0.2, -0.15) is 0 Å². The molecule has 0 amide bonds. The van der Waals surface area contributed by atoms with Crippen molar-refractivity contribution in [2.75, 3.05) is 0 Å². The molecule has 94 valence electrons. The highest BCUT2D eigenvalue weighted by atomic mass is 16.1. The SMILES string of the molecule is CC(=O)[C@@H](N)C[C@@H](C)CCCc1ccccc1. The van der Waals surface area contributed by atoms with Crippen LogP contribution >= 0.6 is 0 Å². The molecule has 2 N–H and O–H groups in total. The van der Waals surface area contributed by atoms with E-state index in [1.165, 1.54) is 5.56 Å². The van der Waals surface area contributed by atoms with Crippen LogP contribution in [0.15, 0.2) is 30.3 Å². The van der Waals surface area contributed by atoms with Crippen LogP contribution in [0.1, 0.15) is 38.7 Å². The molecule has 0 saturated carbocycles. The number of hydrogen-bond donors (Lipinski definition) is 1. The van der Waals surface area contributed by atoms with Gasteiger partial charge in [0.25, 0.3) is 0 Å². The second-order valence-electron chi connectivity index (χ2n) is 4.94. The Morgan fingerprint density at radius 2 is 1.94 bits per heavy atom. The van der Waals surface area contributed by atoms with Crippen molar-refractivity contribution in [1.82, 2.24) is 0 Å². The van der Waals surface area contributed by atoms with Crippen molar-refractivity contribution >= 4 is 5.78 Å². The summed E-state index contributed by atoms with van der Waals surface area (Å²) in [7, 11) is 0. The Morgan fingerprint density at radius 1 is 1.29 bits per heavy atom. The Morgan fingerprint density at radius 3 is 2.53 bits per heavy atom. The molecule has 0 unspecified atom stereocenters. The highest BCUT2D eigenvalue weighted by Crippen LogP contribution is 2.14. The minimum atomic E-state index is -0.276. The normalized spacial score (nSPS) is 14.3. The van der Waals surface area contributed by atoms with Crippen molar-refractivity contribution < 1.29 is 4.79 Å². The van der Waals surface area contributed by atoms with Gasteiger partial charge in [-0.05, 0) is 37.7 Å². The average molecular weight is 233 g/mol. The minimum absolute atomic E-state index is 0.0971. The van der Waals surface area contributed by atoms with E-state index in [4.69, 9.17) is 5.73 Å². The van der Waals surface area contributed by atoms with E-state index in [0.29, 0.717) is 5.92 Å². The molecule has 0 aromatic heterocycles. The fourth-order valence-corrected chi connectivity index (χ4v) is 2.02. The molecule has 1 aromatic carbocycles. The summed E-state index contributed by atoms with van der Waals surface area (Å²) in [6, 6.07) is 10.2. The van der Waals surface area contributed by atoms with Gasteiger partial charge in [0.05, 0.1) is 6.04 Å². The van der Waals surface area contributed by atoms with Crippen molar-refractivity contribution in [1.29, 1.82) is 0 Å². The molecule has 0 saturated heterocycles. The third-order valence-electron chi connectivity index (χ3n) is 3.18. The maximum atomic E-state index is 11.0. The van der Waals surface area contributed by atoms with Crippen molar-refractivity contribution in [2.24, 2.45) is 11.7 Å². The number of hydrogen-bond acceptors (Lipinski definition) is 2. The second-order valence-corrected chi connectivity index (χ2v) is 4.94. The van der Waals surface area contributed by atoms with Gasteiger partial charge in [-0.25, -0.2) is 0 Å². The zero-order chi connectivity index (χ0) is 12.7. The number of carbonyl (C=O) groups excluding carboxylic acids is 1. The van der Waals surface area contributed by atoms with Gasteiger partial charge in [0.1, 0.15) is 5.78 Å². The smallest absolute Gasteiger partial charge is 0.146 e. The molecule has 0 bridgehead atoms. The minimum Gasteiger partial charge on any atom is -0.322 e. The Hall–Kier alpha value is -1.15. The summed E-state index contributed by atoms with van der Waals surface area (Å²) >= 11 is 0. The number of nitrogens with two attached hydrogens (primary N) is 1. The fraction of sp³-hybridized carbons (Fsp3) is 0.533. The third kappa shape index (κ3) is 5.64. The number of rotatable bonds is 7. The lowest BCUT2D eigenvalue weighted by atomic mass is 9.94. The van der Waals surface area contributed by atoms with E-state index in [1.54, 1.807) is 6.92 Å². The van der Waals surface area contributed by atoms with Crippen LogP contribution in [-0.4, -0.2) is 11.8 Å². The zero-order valence-electron chi connectivity index (χ0n) is 10.9. The van der Waals surface area contributed by atoms with Crippen LogP contribution in [0.5, 0.6) is 0 Å². The van der Waals surface area contributed by atoms with Crippen LogP contribution in [0.3, 0.4) is 0 Å². The maximum absolute atomic E-state index is 11.0. The summed E-state index contributed by atoms with van der Waals surface area (Å²) in [5.74, 6) is 0.623. The van der Waals surface area contributed by atoms with Crippen molar-refractivity contribution in [2.45, 2.75) is 45.6 Å². The van der Waals surface area contributed by atoms with Gasteiger partial charge >= 0.3 is 0 Å². The Bertz CT molecular complexity index is 334. The quantitative estimate of drug-likeness (QED) is 0.786. The van der Waals surface area contributed by atoms with E-state index in [0.717, 1.165) is 25.7 Å². The molecule has 17 heavy (non-hydrogen) atoms. The lowest BCUT2D eigenvalue weighted by Crippen LogP contribution is -2.30. The van der Waals surface area contributed by atoms with Gasteiger partial charge in [0.2, 0.25) is 0 Å². The van der Waals surface area contributed by atoms with Crippen molar-refractivity contribution in [3.63, 3.8) is 0 Å². The number of carbonyl (C=O) groups is 1. The van der Waals surface area contributed by atoms with E-state index >= 15 is 0 Å². The van der Waals surface area contributed by atoms with E-state index in [2.05, 4.69) is 31.2 Å². The van der Waals surface area contributed by atoms with E-state index in [-0.39, 0.29) is 11.8 Å². The summed E-state index contributed by atoms with van der Waals surface area (Å²) < 4.78 is 0. The Balaban J connectivity index is 2.20. The standard InChI is InChI=1S/C15H23NO/c1-12(11-15(16)13(2)17)7-6-10-14-8-4-3-5-9-14/h3-5,8-9,12,15H,6-7,10-11,16H2,1-2H3/t12-,15-/m0/s1. The van der Waals surface area contributed by atoms with Gasteiger partial charge in [-0.3, -0.25) is 4.79 Å². The highest BCUT2D eigenvalue weighted by Gasteiger charge is 2.12. The Kier molecular flexibility index (Phi) is 5.92. The first-order valence-corrected chi connectivity index (χ1v) is 6.39. The average Bonchev–Trinajstić information content (AvgIpc) is 2.30. The van der Waals surface area contributed by atoms with Crippen molar-refractivity contribution in [3.05, 3.63) is 35.9 Å². The van der Waals surface area contributed by atoms with Gasteiger partial charge in [-0.1, -0.05) is 43.7 Å². The molecule has 1 aromatic rings. The van der Waals surface area contributed by atoms with Crippen LogP contribution in [0, 0.1) is 5.92 Å². The second kappa shape index (κ2) is 7.23. The van der Waals surface area contributed by atoms with E-state index in [1.807, 2.05) is 6.07 Å². The monoisotopic (exact) mass is 233 g/mol. The number of benzene rings is 1.